The van der Waals surface area contributed by atoms with Crippen LogP contribution in [0.1, 0.15) is 59.9 Å². The summed E-state index contributed by atoms with van der Waals surface area (Å²) in [5.74, 6) is 0.372. The lowest BCUT2D eigenvalue weighted by Crippen LogP contribution is -2.40. The van der Waals surface area contributed by atoms with E-state index in [0.717, 1.165) is 25.8 Å². The van der Waals surface area contributed by atoms with Crippen LogP contribution in [0.3, 0.4) is 0 Å². The molecule has 2 rings (SSSR count). The topological polar surface area (TPSA) is 50.4 Å². The summed E-state index contributed by atoms with van der Waals surface area (Å²) >= 11 is 0. The Kier molecular flexibility index (Phi) is 7.73. The number of hydrogen-bond donors (Lipinski definition) is 2. The van der Waals surface area contributed by atoms with Gasteiger partial charge in [-0.25, -0.2) is 0 Å². The van der Waals surface area contributed by atoms with Gasteiger partial charge in [0, 0.05) is 15.9 Å². The Morgan fingerprint density at radius 1 is 1.25 bits per heavy atom. The van der Waals surface area contributed by atoms with Crippen LogP contribution in [0.25, 0.3) is 0 Å². The number of carbonyl (C=O) groups is 1. The lowest BCUT2D eigenvalue weighted by Gasteiger charge is -2.22. The lowest BCUT2D eigenvalue weighted by molar-refractivity contribution is -0.151. The molecule has 4 heteroatoms. The maximum absolute atomic E-state index is 12.5. The number of benzene rings is 1. The van der Waals surface area contributed by atoms with E-state index in [1.54, 1.807) is 0 Å². The van der Waals surface area contributed by atoms with Gasteiger partial charge in [-0.15, -0.1) is 0 Å². The van der Waals surface area contributed by atoms with E-state index < -0.39 is 0 Å². The van der Waals surface area contributed by atoms with E-state index in [1.807, 2.05) is 7.05 Å². The average molecular weight is 337 g/mol. The summed E-state index contributed by atoms with van der Waals surface area (Å²) in [6, 6.07) is 8.23. The van der Waals surface area contributed by atoms with Crippen LogP contribution in [0, 0.1) is 5.92 Å². The van der Waals surface area contributed by atoms with Gasteiger partial charge >= 0.3 is 5.97 Å². The van der Waals surface area contributed by atoms with E-state index in [2.05, 4.69) is 48.7 Å². The zero-order valence-corrected chi connectivity index (χ0v) is 15.3. The Morgan fingerprint density at radius 2 is 1.92 bits per heavy atom. The third-order valence-electron chi connectivity index (χ3n) is 4.50. The summed E-state index contributed by atoms with van der Waals surface area (Å²) in [6.07, 6.45) is 5.34. The summed E-state index contributed by atoms with van der Waals surface area (Å²) in [6.45, 7) is 5.83. The highest BCUT2D eigenvalue weighted by atomic mass is 16.5. The number of ether oxygens (including phenoxy) is 1. The minimum atomic E-state index is -0.224. The van der Waals surface area contributed by atoms with Crippen molar-refractivity contribution in [3.63, 3.8) is 0 Å². The molecule has 4 nitrogen and oxygen atoms in total. The molecule has 1 saturated carbocycles. The predicted molar refractivity (Wildman–Crippen MR) is 102 cm³/mol. The maximum atomic E-state index is 12.5. The van der Waals surface area contributed by atoms with Crippen molar-refractivity contribution < 1.29 is 12.4 Å². The summed E-state index contributed by atoms with van der Waals surface area (Å²) in [5.41, 5.74) is 2.45. The fourth-order valence-corrected chi connectivity index (χ4v) is 3.28. The first kappa shape index (κ1) is 18.9. The average Bonchev–Trinajstić information content (AvgIpc) is 3.04. The Morgan fingerprint density at radius 3 is 2.54 bits per heavy atom. The minimum absolute atomic E-state index is 0. The number of hydrogen-bond acceptors (Lipinski definition) is 4. The van der Waals surface area contributed by atoms with Crippen LogP contribution in [-0.4, -0.2) is 25.2 Å². The van der Waals surface area contributed by atoms with Crippen LogP contribution >= 0.6 is 0 Å². The largest absolute Gasteiger partial charge is 0.461 e. The van der Waals surface area contributed by atoms with E-state index >= 15 is 0 Å². The molecule has 0 bridgehead atoms. The third kappa shape index (κ3) is 6.25. The first-order valence-electron chi connectivity index (χ1n) is 9.24. The van der Waals surface area contributed by atoms with Crippen molar-refractivity contribution in [3.8, 4) is 0 Å². The lowest BCUT2D eigenvalue weighted by atomic mass is 10.0. The first-order valence-corrected chi connectivity index (χ1v) is 9.24. The third-order valence-corrected chi connectivity index (χ3v) is 4.50. The van der Waals surface area contributed by atoms with Gasteiger partial charge in [-0.3, -0.25) is 4.79 Å². The highest BCUT2D eigenvalue weighted by Crippen LogP contribution is 2.22. The standard InChI is InChI=1S/C20H32N2O2.2H2/c1-15(2)11-19(20(23)24-18-9-4-5-10-18)22-14-17-8-6-7-16(12-17)13-21-3;;/h6-8,12,15,18-19,21-22H,4-5,9-11,13-14H2,1-3H3;2*1H/t19-;;/m0../s1. The second-order valence-corrected chi connectivity index (χ2v) is 7.26. The van der Waals surface area contributed by atoms with Crippen LogP contribution in [0.4, 0.5) is 0 Å². The van der Waals surface area contributed by atoms with Crippen LogP contribution in [-0.2, 0) is 22.6 Å². The zero-order chi connectivity index (χ0) is 17.4. The molecule has 0 heterocycles. The zero-order valence-electron chi connectivity index (χ0n) is 15.3. The minimum Gasteiger partial charge on any atom is -0.461 e. The van der Waals surface area contributed by atoms with Crippen molar-refractivity contribution in [1.82, 2.24) is 10.6 Å². The number of esters is 1. The molecule has 0 saturated heterocycles. The normalized spacial score (nSPS) is 16.5. The van der Waals surface area contributed by atoms with E-state index in [-0.39, 0.29) is 21.0 Å². The van der Waals surface area contributed by atoms with Crippen molar-refractivity contribution >= 4 is 5.97 Å². The molecule has 1 fully saturated rings. The first-order chi connectivity index (χ1) is 11.6. The molecule has 1 aliphatic carbocycles. The summed E-state index contributed by atoms with van der Waals surface area (Å²) in [7, 11) is 1.95. The summed E-state index contributed by atoms with van der Waals surface area (Å²) in [5, 5.41) is 6.58. The van der Waals surface area contributed by atoms with Crippen LogP contribution < -0.4 is 10.6 Å². The van der Waals surface area contributed by atoms with Gasteiger partial charge in [-0.2, -0.15) is 0 Å². The predicted octanol–water partition coefficient (Wildman–Crippen LogP) is 3.89. The molecule has 0 amide bonds. The van der Waals surface area contributed by atoms with E-state index in [1.165, 1.54) is 24.0 Å². The van der Waals surface area contributed by atoms with Crippen molar-refractivity contribution in [2.75, 3.05) is 7.05 Å². The number of carbonyl (C=O) groups excluding carboxylic acids is 1. The second-order valence-electron chi connectivity index (χ2n) is 7.26. The Bertz CT molecular complexity index is 520. The van der Waals surface area contributed by atoms with Gasteiger partial charge in [0.2, 0.25) is 0 Å². The van der Waals surface area contributed by atoms with Crippen LogP contribution in [0.15, 0.2) is 24.3 Å². The molecule has 1 aromatic rings. The highest BCUT2D eigenvalue weighted by Gasteiger charge is 2.25. The smallest absolute Gasteiger partial charge is 0.323 e. The Balaban J connectivity index is 0.00000312. The van der Waals surface area contributed by atoms with E-state index in [0.29, 0.717) is 12.5 Å². The second kappa shape index (κ2) is 9.80. The quantitative estimate of drug-likeness (QED) is 0.672. The molecule has 138 valence electrons. The van der Waals surface area contributed by atoms with Crippen molar-refractivity contribution in [2.24, 2.45) is 5.92 Å². The van der Waals surface area contributed by atoms with Gasteiger partial charge in [-0.1, -0.05) is 38.1 Å². The molecule has 0 radical (unpaired) electrons. The molecule has 1 aromatic carbocycles. The van der Waals surface area contributed by atoms with E-state index in [9.17, 15) is 4.79 Å². The molecule has 0 unspecified atom stereocenters. The van der Waals surface area contributed by atoms with Gasteiger partial charge in [0.25, 0.3) is 0 Å². The van der Waals surface area contributed by atoms with Crippen molar-refractivity contribution in [1.29, 1.82) is 0 Å². The maximum Gasteiger partial charge on any atom is 0.323 e. The molecule has 24 heavy (non-hydrogen) atoms. The Hall–Kier alpha value is -1.39. The molecule has 1 aliphatic rings. The fourth-order valence-electron chi connectivity index (χ4n) is 3.28. The fraction of sp³-hybridized carbons (Fsp3) is 0.650. The van der Waals surface area contributed by atoms with Crippen molar-refractivity contribution in [2.45, 2.75) is 71.2 Å². The SMILES string of the molecule is CNCc1cccc(CN[C@@H](CC(C)C)C(=O)OC2CCCC2)c1.[HH].[HH]. The molecule has 0 aliphatic heterocycles. The van der Waals surface area contributed by atoms with Gasteiger partial charge in [-0.05, 0) is 56.2 Å². The van der Waals surface area contributed by atoms with Gasteiger partial charge < -0.3 is 15.4 Å². The van der Waals surface area contributed by atoms with E-state index in [4.69, 9.17) is 4.74 Å². The molecular weight excluding hydrogens is 300 g/mol. The summed E-state index contributed by atoms with van der Waals surface area (Å²) < 4.78 is 5.71. The molecule has 2 N–H and O–H groups in total. The molecule has 1 atom stereocenters. The molecule has 0 spiro atoms. The van der Waals surface area contributed by atoms with Crippen molar-refractivity contribution in [3.05, 3.63) is 35.4 Å². The number of nitrogens with one attached hydrogen (secondary N) is 2. The molecule has 0 aromatic heterocycles. The number of rotatable bonds is 9. The van der Waals surface area contributed by atoms with Gasteiger partial charge in [0.1, 0.15) is 12.1 Å². The summed E-state index contributed by atoms with van der Waals surface area (Å²) in [4.78, 5) is 12.5. The van der Waals surface area contributed by atoms with Gasteiger partial charge in [0.15, 0.2) is 0 Å². The van der Waals surface area contributed by atoms with Crippen LogP contribution in [0.2, 0.25) is 0 Å². The highest BCUT2D eigenvalue weighted by molar-refractivity contribution is 5.76. The van der Waals surface area contributed by atoms with Gasteiger partial charge in [0.05, 0.1) is 0 Å². The molecular formula is C20H36N2O2. The monoisotopic (exact) mass is 336 g/mol. The Labute approximate surface area is 149 Å². The van der Waals surface area contributed by atoms with Crippen LogP contribution in [0.5, 0.6) is 0 Å².